The van der Waals surface area contributed by atoms with Gasteiger partial charge in [0.25, 0.3) is 0 Å². The first kappa shape index (κ1) is 28.9. The molecule has 1 aliphatic heterocycles. The minimum absolute atomic E-state index is 0.0318. The molecule has 0 bridgehead atoms. The molecule has 1 amide bonds. The van der Waals surface area contributed by atoms with Crippen molar-refractivity contribution in [1.29, 1.82) is 0 Å². The molecule has 3 aromatic heterocycles. The number of aromatic hydroxyl groups is 1. The monoisotopic (exact) mass is 598 g/mol. The Bertz CT molecular complexity index is 1940. The van der Waals surface area contributed by atoms with Gasteiger partial charge in [-0.2, -0.15) is 9.61 Å². The van der Waals surface area contributed by atoms with Gasteiger partial charge in [-0.05, 0) is 86.5 Å². The third kappa shape index (κ3) is 6.11. The number of nitrogens with zero attached hydrogens (tertiary/aromatic N) is 5. The summed E-state index contributed by atoms with van der Waals surface area (Å²) in [6.45, 7) is 7.10. The van der Waals surface area contributed by atoms with Gasteiger partial charge in [-0.25, -0.2) is 9.97 Å². The van der Waals surface area contributed by atoms with E-state index in [1.807, 2.05) is 48.8 Å². The number of hydrogen-bond donors (Lipinski definition) is 2. The highest BCUT2D eigenvalue weighted by Crippen LogP contribution is 2.34. The molecule has 1 saturated heterocycles. The van der Waals surface area contributed by atoms with E-state index in [0.717, 1.165) is 94.8 Å². The van der Waals surface area contributed by atoms with Crippen molar-refractivity contribution in [3.63, 3.8) is 0 Å². The van der Waals surface area contributed by atoms with Crippen LogP contribution in [0.4, 0.5) is 0 Å². The van der Waals surface area contributed by atoms with Gasteiger partial charge < -0.3 is 15.3 Å². The first-order valence-electron chi connectivity index (χ1n) is 15.8. The second kappa shape index (κ2) is 12.3. The predicted molar refractivity (Wildman–Crippen MR) is 178 cm³/mol. The number of carbonyl (C=O) groups excluding carboxylic acids is 1. The fourth-order valence-electron chi connectivity index (χ4n) is 6.49. The van der Waals surface area contributed by atoms with E-state index in [0.29, 0.717) is 12.5 Å². The molecule has 2 aliphatic rings. The zero-order valence-corrected chi connectivity index (χ0v) is 25.8. The number of phenolic OH excluding ortho intramolecular Hbond substituents is 1. The van der Waals surface area contributed by atoms with Crippen molar-refractivity contribution in [3.05, 3.63) is 108 Å². The van der Waals surface area contributed by atoms with Crippen LogP contribution in [0.2, 0.25) is 0 Å². The summed E-state index contributed by atoms with van der Waals surface area (Å²) in [6, 6.07) is 20.1. The van der Waals surface area contributed by atoms with Crippen LogP contribution < -0.4 is 5.32 Å². The molecule has 2 N–H and O–H groups in total. The number of pyridine rings is 1. The normalized spacial score (nSPS) is 17.6. The number of amides is 1. The second-order valence-electron chi connectivity index (χ2n) is 12.4. The van der Waals surface area contributed by atoms with Crippen molar-refractivity contribution >= 4 is 28.2 Å². The summed E-state index contributed by atoms with van der Waals surface area (Å²) in [4.78, 5) is 25.2. The summed E-state index contributed by atoms with van der Waals surface area (Å²) in [6.07, 6.45) is 11.4. The van der Waals surface area contributed by atoms with Gasteiger partial charge in [0.1, 0.15) is 5.75 Å². The summed E-state index contributed by atoms with van der Waals surface area (Å²) in [5.74, 6) is 0.820. The number of nitrogens with one attached hydrogen (secondary N) is 1. The Hall–Kier alpha value is -4.82. The van der Waals surface area contributed by atoms with Gasteiger partial charge in [-0.15, -0.1) is 0 Å². The maximum absolute atomic E-state index is 12.9. The van der Waals surface area contributed by atoms with Crippen LogP contribution in [0, 0.1) is 25.7 Å². The van der Waals surface area contributed by atoms with E-state index >= 15 is 0 Å². The average molecular weight is 599 g/mol. The zero-order chi connectivity index (χ0) is 30.9. The van der Waals surface area contributed by atoms with Gasteiger partial charge in [0.05, 0.1) is 11.4 Å². The first-order valence-corrected chi connectivity index (χ1v) is 15.8. The Morgan fingerprint density at radius 1 is 1.04 bits per heavy atom. The Balaban J connectivity index is 1.01. The van der Waals surface area contributed by atoms with Gasteiger partial charge in [0.15, 0.2) is 11.3 Å². The van der Waals surface area contributed by atoms with E-state index in [4.69, 9.17) is 4.98 Å². The van der Waals surface area contributed by atoms with Crippen molar-refractivity contribution in [2.75, 3.05) is 19.6 Å². The molecule has 8 heteroatoms. The van der Waals surface area contributed by atoms with Crippen LogP contribution in [0.15, 0.2) is 85.1 Å². The van der Waals surface area contributed by atoms with Gasteiger partial charge in [-0.3, -0.25) is 4.79 Å². The zero-order valence-electron chi connectivity index (χ0n) is 25.8. The molecule has 2 aromatic carbocycles. The van der Waals surface area contributed by atoms with Crippen LogP contribution in [0.1, 0.15) is 41.8 Å². The molecule has 8 nitrogen and oxygen atoms in total. The second-order valence-corrected chi connectivity index (χ2v) is 12.4. The smallest absolute Gasteiger partial charge is 0.223 e. The minimum Gasteiger partial charge on any atom is -0.508 e. The molecule has 0 spiro atoms. The quantitative estimate of drug-likeness (QED) is 0.230. The van der Waals surface area contributed by atoms with Gasteiger partial charge in [0.2, 0.25) is 5.91 Å². The summed E-state index contributed by atoms with van der Waals surface area (Å²) >= 11 is 0. The van der Waals surface area contributed by atoms with Crippen molar-refractivity contribution in [2.45, 2.75) is 39.7 Å². The number of benzene rings is 2. The number of allylic oxidation sites excluding steroid dienone is 3. The van der Waals surface area contributed by atoms with Crippen LogP contribution in [0.3, 0.4) is 0 Å². The van der Waals surface area contributed by atoms with E-state index in [2.05, 4.69) is 68.9 Å². The number of fused-ring (bicyclic) bond motifs is 3. The van der Waals surface area contributed by atoms with Crippen molar-refractivity contribution in [2.24, 2.45) is 11.8 Å². The van der Waals surface area contributed by atoms with Crippen molar-refractivity contribution in [1.82, 2.24) is 29.8 Å². The number of phenols is 1. The maximum atomic E-state index is 12.9. The molecule has 1 aliphatic carbocycles. The molecule has 0 saturated carbocycles. The molecule has 7 rings (SSSR count). The number of aromatic nitrogens is 4. The molecule has 0 radical (unpaired) electrons. The number of carbonyl (C=O) groups is 1. The summed E-state index contributed by atoms with van der Waals surface area (Å²) in [5, 5.41) is 18.6. The van der Waals surface area contributed by atoms with Gasteiger partial charge in [-0.1, -0.05) is 60.7 Å². The van der Waals surface area contributed by atoms with E-state index in [-0.39, 0.29) is 17.6 Å². The lowest BCUT2D eigenvalue weighted by molar-refractivity contribution is -0.126. The Kier molecular flexibility index (Phi) is 7.90. The Labute approximate surface area is 263 Å². The van der Waals surface area contributed by atoms with Crippen LogP contribution in [-0.4, -0.2) is 55.1 Å². The highest BCUT2D eigenvalue weighted by atomic mass is 16.3. The van der Waals surface area contributed by atoms with Crippen LogP contribution in [0.5, 0.6) is 5.75 Å². The molecule has 4 heterocycles. The summed E-state index contributed by atoms with van der Waals surface area (Å²) < 4.78 is 1.84. The van der Waals surface area contributed by atoms with Crippen LogP contribution in [-0.2, 0) is 11.3 Å². The molecular formula is C37H38N6O2. The highest BCUT2D eigenvalue weighted by Gasteiger charge is 2.26. The van der Waals surface area contributed by atoms with Crippen molar-refractivity contribution in [3.8, 4) is 16.9 Å². The van der Waals surface area contributed by atoms with E-state index in [9.17, 15) is 9.90 Å². The SMILES string of the molecule is Cc1cc2ncc3cc(-c4ccccc4)c(C4=CCC(CN5CCC(C(=O)NCc6ccc(C)c(O)c6)CC5)C=C4)nc3n2n1. The van der Waals surface area contributed by atoms with E-state index in [1.54, 1.807) is 6.07 Å². The fraction of sp³-hybridized carbons (Fsp3) is 0.297. The van der Waals surface area contributed by atoms with Crippen molar-refractivity contribution < 1.29 is 9.90 Å². The molecule has 228 valence electrons. The standard InChI is InChI=1S/C37H38N6O2/c1-24-8-9-27(19-33(24)44)21-39-37(45)30-14-16-42(17-15-30)23-26-10-12-29(13-11-26)35-32(28-6-4-3-5-7-28)20-31-22-38-34-18-25(2)41-43(34)36(31)40-35/h3-10,12-13,18-20,22,26,30,44H,11,14-17,21,23H2,1-2H3,(H,39,45). The number of rotatable bonds is 7. The number of likely N-dealkylation sites (tertiary alicyclic amines) is 1. The third-order valence-corrected chi connectivity index (χ3v) is 9.12. The number of aryl methyl sites for hydroxylation is 2. The first-order chi connectivity index (χ1) is 21.9. The molecule has 1 fully saturated rings. The van der Waals surface area contributed by atoms with Gasteiger partial charge in [0, 0.05) is 42.2 Å². The number of piperidine rings is 1. The Morgan fingerprint density at radius 3 is 2.62 bits per heavy atom. The molecule has 45 heavy (non-hydrogen) atoms. The topological polar surface area (TPSA) is 95.7 Å². The molecule has 1 unspecified atom stereocenters. The van der Waals surface area contributed by atoms with E-state index in [1.165, 1.54) is 0 Å². The average Bonchev–Trinajstić information content (AvgIpc) is 3.46. The third-order valence-electron chi connectivity index (χ3n) is 9.12. The molecular weight excluding hydrogens is 560 g/mol. The fourth-order valence-corrected chi connectivity index (χ4v) is 6.49. The Morgan fingerprint density at radius 2 is 1.87 bits per heavy atom. The summed E-state index contributed by atoms with van der Waals surface area (Å²) in [7, 11) is 0. The predicted octanol–water partition coefficient (Wildman–Crippen LogP) is 6.25. The number of hydrogen-bond acceptors (Lipinski definition) is 6. The highest BCUT2D eigenvalue weighted by molar-refractivity contribution is 5.91. The van der Waals surface area contributed by atoms with Crippen LogP contribution >= 0.6 is 0 Å². The maximum Gasteiger partial charge on any atom is 0.223 e. The van der Waals surface area contributed by atoms with Crippen LogP contribution in [0.25, 0.3) is 33.4 Å². The van der Waals surface area contributed by atoms with E-state index < -0.39 is 0 Å². The largest absolute Gasteiger partial charge is 0.508 e. The minimum atomic E-state index is 0.0318. The molecule has 5 aromatic rings. The lowest BCUT2D eigenvalue weighted by Gasteiger charge is -2.33. The lowest BCUT2D eigenvalue weighted by Crippen LogP contribution is -2.41. The lowest BCUT2D eigenvalue weighted by atomic mass is 9.90. The summed E-state index contributed by atoms with van der Waals surface area (Å²) in [5.41, 5.74) is 8.56. The molecule has 1 atom stereocenters. The van der Waals surface area contributed by atoms with Gasteiger partial charge >= 0.3 is 0 Å².